The minimum absolute atomic E-state index is 0.230. The molecule has 1 atom stereocenters. The Balaban J connectivity index is 1.45. The molecule has 1 aromatic heterocycles. The topological polar surface area (TPSA) is 75.4 Å². The zero-order valence-corrected chi connectivity index (χ0v) is 17.1. The van der Waals surface area contributed by atoms with Crippen LogP contribution < -0.4 is 11.1 Å². The Morgan fingerprint density at radius 3 is 2.77 bits per heavy atom. The van der Waals surface area contributed by atoms with Crippen LogP contribution in [-0.4, -0.2) is 29.3 Å². The number of likely N-dealkylation sites (tertiary alicyclic amines) is 1. The molecule has 2 amide bonds. The van der Waals surface area contributed by atoms with Gasteiger partial charge in [-0.05, 0) is 55.3 Å². The Morgan fingerprint density at radius 2 is 1.97 bits per heavy atom. The van der Waals surface area contributed by atoms with E-state index < -0.39 is 0 Å². The number of primary amides is 1. The van der Waals surface area contributed by atoms with Gasteiger partial charge in [0.1, 0.15) is 5.82 Å². The van der Waals surface area contributed by atoms with Crippen molar-refractivity contribution in [2.75, 3.05) is 11.9 Å². The van der Waals surface area contributed by atoms with Crippen molar-refractivity contribution in [2.24, 2.45) is 5.73 Å². The van der Waals surface area contributed by atoms with Gasteiger partial charge < -0.3 is 11.1 Å². The molecule has 3 N–H and O–H groups in total. The van der Waals surface area contributed by atoms with E-state index in [9.17, 15) is 14.0 Å². The summed E-state index contributed by atoms with van der Waals surface area (Å²) in [6.07, 6.45) is 1.74. The van der Waals surface area contributed by atoms with E-state index in [2.05, 4.69) is 10.2 Å². The van der Waals surface area contributed by atoms with Gasteiger partial charge in [0.15, 0.2) is 0 Å². The fraction of sp³-hybridized carbons (Fsp3) is 0.217. The van der Waals surface area contributed by atoms with Crippen LogP contribution in [-0.2, 0) is 11.3 Å². The molecular weight excluding hydrogens is 401 g/mol. The molecule has 0 radical (unpaired) electrons. The molecule has 3 aromatic rings. The fourth-order valence-electron chi connectivity index (χ4n) is 3.78. The molecule has 1 aliphatic rings. The number of nitrogens with zero attached hydrogens (tertiary/aromatic N) is 1. The molecule has 1 saturated heterocycles. The predicted octanol–water partition coefficient (Wildman–Crippen LogP) is 4.26. The summed E-state index contributed by atoms with van der Waals surface area (Å²) in [6.45, 7) is 1.44. The number of nitrogens with two attached hydrogens (primary N) is 1. The van der Waals surface area contributed by atoms with Gasteiger partial charge in [0.25, 0.3) is 5.91 Å². The average Bonchev–Trinajstić information content (AvgIpc) is 3.38. The largest absolute Gasteiger partial charge is 0.368 e. The Kier molecular flexibility index (Phi) is 5.92. The number of hydrogen-bond donors (Lipinski definition) is 2. The minimum atomic E-state index is -0.310. The maximum Gasteiger partial charge on any atom is 0.265 e. The van der Waals surface area contributed by atoms with Gasteiger partial charge in [-0.3, -0.25) is 14.5 Å². The van der Waals surface area contributed by atoms with E-state index in [1.54, 1.807) is 30.3 Å². The lowest BCUT2D eigenvalue weighted by Crippen LogP contribution is -2.39. The number of nitrogens with one attached hydrogen (secondary N) is 1. The van der Waals surface area contributed by atoms with E-state index in [0.29, 0.717) is 27.5 Å². The Labute approximate surface area is 178 Å². The lowest BCUT2D eigenvalue weighted by atomic mass is 10.1. The first-order valence-corrected chi connectivity index (χ1v) is 10.6. The number of hydrogen-bond acceptors (Lipinski definition) is 4. The molecule has 2 aromatic carbocycles. The first-order chi connectivity index (χ1) is 14.5. The second-order valence-electron chi connectivity index (χ2n) is 7.33. The van der Waals surface area contributed by atoms with Gasteiger partial charge in [0.2, 0.25) is 5.91 Å². The van der Waals surface area contributed by atoms with Crippen molar-refractivity contribution in [3.63, 3.8) is 0 Å². The molecule has 154 valence electrons. The van der Waals surface area contributed by atoms with Gasteiger partial charge in [-0.2, -0.15) is 0 Å². The van der Waals surface area contributed by atoms with Gasteiger partial charge in [0, 0.05) is 22.7 Å². The molecule has 1 unspecified atom stereocenters. The molecule has 7 heteroatoms. The number of rotatable bonds is 6. The molecule has 0 aliphatic carbocycles. The van der Waals surface area contributed by atoms with Crippen LogP contribution in [0, 0.1) is 5.82 Å². The third kappa shape index (κ3) is 4.42. The zero-order chi connectivity index (χ0) is 21.1. The molecule has 0 spiro atoms. The lowest BCUT2D eigenvalue weighted by Gasteiger charge is -2.22. The maximum absolute atomic E-state index is 14.0. The standard InChI is InChI=1S/C23H22FN3O2S/c24-18-8-2-1-7-17(18)20-10-11-21(30-20)23(29)26-16-6-3-5-15(13-16)14-27-12-4-9-19(27)22(25)28/h1-3,5-8,10-11,13,19H,4,9,12,14H2,(H2,25,28)(H,26,29). The number of halogens is 1. The third-order valence-electron chi connectivity index (χ3n) is 5.23. The molecular formula is C23H22FN3O2S. The van der Waals surface area contributed by atoms with Crippen LogP contribution >= 0.6 is 11.3 Å². The van der Waals surface area contributed by atoms with Crippen molar-refractivity contribution in [2.45, 2.75) is 25.4 Å². The molecule has 30 heavy (non-hydrogen) atoms. The minimum Gasteiger partial charge on any atom is -0.368 e. The maximum atomic E-state index is 14.0. The summed E-state index contributed by atoms with van der Waals surface area (Å²) in [7, 11) is 0. The van der Waals surface area contributed by atoms with Crippen molar-refractivity contribution in [1.29, 1.82) is 0 Å². The second-order valence-corrected chi connectivity index (χ2v) is 8.41. The number of anilines is 1. The van der Waals surface area contributed by atoms with Crippen molar-refractivity contribution in [3.05, 3.63) is 76.9 Å². The second kappa shape index (κ2) is 8.77. The summed E-state index contributed by atoms with van der Waals surface area (Å²) in [4.78, 5) is 27.6. The lowest BCUT2D eigenvalue weighted by molar-refractivity contribution is -0.122. The summed E-state index contributed by atoms with van der Waals surface area (Å²) in [6, 6.07) is 17.3. The van der Waals surface area contributed by atoms with Crippen LogP contribution in [0.15, 0.2) is 60.7 Å². The van der Waals surface area contributed by atoms with Crippen LogP contribution in [0.5, 0.6) is 0 Å². The number of benzene rings is 2. The average molecular weight is 424 g/mol. The quantitative estimate of drug-likeness (QED) is 0.622. The van der Waals surface area contributed by atoms with E-state index >= 15 is 0 Å². The highest BCUT2D eigenvalue weighted by molar-refractivity contribution is 7.17. The van der Waals surface area contributed by atoms with E-state index in [0.717, 1.165) is 24.9 Å². The fourth-order valence-corrected chi connectivity index (χ4v) is 4.71. The van der Waals surface area contributed by atoms with Crippen LogP contribution in [0.25, 0.3) is 10.4 Å². The smallest absolute Gasteiger partial charge is 0.265 e. The molecule has 5 nitrogen and oxygen atoms in total. The molecule has 0 bridgehead atoms. The van der Waals surface area contributed by atoms with Crippen molar-refractivity contribution >= 4 is 28.8 Å². The number of carbonyl (C=O) groups excluding carboxylic acids is 2. The highest BCUT2D eigenvalue weighted by atomic mass is 32.1. The number of carbonyl (C=O) groups is 2. The van der Waals surface area contributed by atoms with Crippen LogP contribution in [0.4, 0.5) is 10.1 Å². The van der Waals surface area contributed by atoms with E-state index in [1.165, 1.54) is 17.4 Å². The van der Waals surface area contributed by atoms with Gasteiger partial charge in [-0.25, -0.2) is 4.39 Å². The van der Waals surface area contributed by atoms with Gasteiger partial charge in [0.05, 0.1) is 10.9 Å². The molecule has 1 fully saturated rings. The molecule has 1 aliphatic heterocycles. The van der Waals surface area contributed by atoms with Gasteiger partial charge in [-0.15, -0.1) is 11.3 Å². The summed E-state index contributed by atoms with van der Waals surface area (Å²) in [5, 5.41) is 2.90. The third-order valence-corrected chi connectivity index (χ3v) is 6.35. The van der Waals surface area contributed by atoms with Crippen LogP contribution in [0.2, 0.25) is 0 Å². The molecule has 2 heterocycles. The SMILES string of the molecule is NC(=O)C1CCCN1Cc1cccc(NC(=O)c2ccc(-c3ccccc3F)s2)c1. The first-order valence-electron chi connectivity index (χ1n) is 9.79. The van der Waals surface area contributed by atoms with Gasteiger partial charge >= 0.3 is 0 Å². The van der Waals surface area contributed by atoms with Crippen LogP contribution in [0.3, 0.4) is 0 Å². The van der Waals surface area contributed by atoms with E-state index in [4.69, 9.17) is 5.73 Å². The summed E-state index contributed by atoms with van der Waals surface area (Å²) in [5.74, 6) is -0.841. The summed E-state index contributed by atoms with van der Waals surface area (Å²) in [5.41, 5.74) is 7.65. The monoisotopic (exact) mass is 423 g/mol. The normalized spacial score (nSPS) is 16.5. The Bertz CT molecular complexity index is 1080. The Morgan fingerprint density at radius 1 is 1.13 bits per heavy atom. The number of amides is 2. The summed E-state index contributed by atoms with van der Waals surface area (Å²) < 4.78 is 14.0. The molecule has 0 saturated carbocycles. The van der Waals surface area contributed by atoms with Gasteiger partial charge in [-0.1, -0.05) is 30.3 Å². The molecule has 4 rings (SSSR count). The van der Waals surface area contributed by atoms with Crippen molar-refractivity contribution in [3.8, 4) is 10.4 Å². The number of thiophene rings is 1. The summed E-state index contributed by atoms with van der Waals surface area (Å²) >= 11 is 1.25. The highest BCUT2D eigenvalue weighted by Crippen LogP contribution is 2.30. The van der Waals surface area contributed by atoms with Crippen LogP contribution in [0.1, 0.15) is 28.1 Å². The van der Waals surface area contributed by atoms with E-state index in [-0.39, 0.29) is 23.7 Å². The van der Waals surface area contributed by atoms with Crippen molar-refractivity contribution in [1.82, 2.24) is 4.90 Å². The highest BCUT2D eigenvalue weighted by Gasteiger charge is 2.28. The van der Waals surface area contributed by atoms with E-state index in [1.807, 2.05) is 24.3 Å². The predicted molar refractivity (Wildman–Crippen MR) is 117 cm³/mol. The zero-order valence-electron chi connectivity index (χ0n) is 16.3. The Hall–Kier alpha value is -3.03. The first kappa shape index (κ1) is 20.3. The van der Waals surface area contributed by atoms with Crippen molar-refractivity contribution < 1.29 is 14.0 Å².